The molecule has 25 heavy (non-hydrogen) atoms. The third-order valence-corrected chi connectivity index (χ3v) is 4.53. The van der Waals surface area contributed by atoms with E-state index in [2.05, 4.69) is 44.9 Å². The number of likely N-dealkylation sites (tertiary alicyclic amines) is 1. The lowest BCUT2D eigenvalue weighted by Gasteiger charge is -2.25. The summed E-state index contributed by atoms with van der Waals surface area (Å²) < 4.78 is 2.08. The predicted molar refractivity (Wildman–Crippen MR) is 94.5 cm³/mol. The summed E-state index contributed by atoms with van der Waals surface area (Å²) >= 11 is 0. The number of aromatic nitrogens is 4. The molecule has 0 bridgehead atoms. The van der Waals surface area contributed by atoms with Crippen molar-refractivity contribution in [2.75, 3.05) is 6.54 Å². The van der Waals surface area contributed by atoms with Crippen LogP contribution in [0.1, 0.15) is 62.8 Å². The van der Waals surface area contributed by atoms with Gasteiger partial charge in [-0.05, 0) is 39.3 Å². The smallest absolute Gasteiger partial charge is 0.217 e. The zero-order valence-electron chi connectivity index (χ0n) is 15.1. The number of hydrogen-bond acceptors (Lipinski definition) is 5. The molecule has 1 aliphatic rings. The molecule has 2 aromatic heterocycles. The Balaban J connectivity index is 1.74. The molecule has 1 amide bonds. The van der Waals surface area contributed by atoms with Crippen LogP contribution in [0.15, 0.2) is 24.7 Å². The molecule has 1 atom stereocenters. The molecule has 1 aliphatic heterocycles. The molecular formula is C18H26N6O. The van der Waals surface area contributed by atoms with Crippen LogP contribution in [0, 0.1) is 0 Å². The van der Waals surface area contributed by atoms with Gasteiger partial charge in [0.2, 0.25) is 5.91 Å². The molecule has 0 aromatic carbocycles. The molecule has 0 spiro atoms. The highest BCUT2D eigenvalue weighted by Crippen LogP contribution is 2.32. The van der Waals surface area contributed by atoms with Gasteiger partial charge in [-0.2, -0.15) is 5.10 Å². The van der Waals surface area contributed by atoms with Gasteiger partial charge in [0.1, 0.15) is 0 Å². The molecule has 2 aromatic rings. The van der Waals surface area contributed by atoms with E-state index in [1.54, 1.807) is 6.20 Å². The quantitative estimate of drug-likeness (QED) is 0.871. The molecule has 7 nitrogen and oxygen atoms in total. The van der Waals surface area contributed by atoms with Crippen LogP contribution < -0.4 is 5.32 Å². The zero-order valence-corrected chi connectivity index (χ0v) is 15.1. The Hall–Kier alpha value is -2.28. The van der Waals surface area contributed by atoms with Crippen LogP contribution >= 0.6 is 0 Å². The number of amides is 1. The maximum atomic E-state index is 11.1. The van der Waals surface area contributed by atoms with Crippen molar-refractivity contribution >= 4 is 5.91 Å². The largest absolute Gasteiger partial charge is 0.351 e. The van der Waals surface area contributed by atoms with E-state index in [0.717, 1.165) is 37.3 Å². The van der Waals surface area contributed by atoms with Crippen molar-refractivity contribution in [2.24, 2.45) is 0 Å². The predicted octanol–water partition coefficient (Wildman–Crippen LogP) is 2.23. The number of carbonyl (C=O) groups is 1. The van der Waals surface area contributed by atoms with Crippen molar-refractivity contribution < 1.29 is 4.79 Å². The van der Waals surface area contributed by atoms with Gasteiger partial charge in [-0.15, -0.1) is 0 Å². The van der Waals surface area contributed by atoms with Crippen molar-refractivity contribution in [1.82, 2.24) is 30.0 Å². The van der Waals surface area contributed by atoms with Crippen LogP contribution in [0.2, 0.25) is 0 Å². The first kappa shape index (κ1) is 17.5. The van der Waals surface area contributed by atoms with E-state index < -0.39 is 0 Å². The minimum absolute atomic E-state index is 0.0587. The lowest BCUT2D eigenvalue weighted by atomic mass is 10.1. The lowest BCUT2D eigenvalue weighted by Crippen LogP contribution is -2.26. The van der Waals surface area contributed by atoms with Gasteiger partial charge in [0.05, 0.1) is 42.1 Å². The average Bonchev–Trinajstić information content (AvgIpc) is 3.23. The Morgan fingerprint density at radius 3 is 3.00 bits per heavy atom. The van der Waals surface area contributed by atoms with Crippen molar-refractivity contribution in [3.05, 3.63) is 41.7 Å². The first-order valence-electron chi connectivity index (χ1n) is 8.86. The van der Waals surface area contributed by atoms with Crippen molar-refractivity contribution in [3.8, 4) is 0 Å². The summed E-state index contributed by atoms with van der Waals surface area (Å²) in [5.41, 5.74) is 3.01. The summed E-state index contributed by atoms with van der Waals surface area (Å²) in [4.78, 5) is 22.6. The summed E-state index contributed by atoms with van der Waals surface area (Å²) in [6.07, 6.45) is 7.66. The fourth-order valence-electron chi connectivity index (χ4n) is 3.37. The van der Waals surface area contributed by atoms with Crippen LogP contribution in [0.3, 0.4) is 0 Å². The van der Waals surface area contributed by atoms with Gasteiger partial charge in [-0.1, -0.05) is 0 Å². The maximum Gasteiger partial charge on any atom is 0.217 e. The Morgan fingerprint density at radius 2 is 2.24 bits per heavy atom. The summed E-state index contributed by atoms with van der Waals surface area (Å²) in [5, 5.41) is 7.21. The van der Waals surface area contributed by atoms with Crippen LogP contribution in [0.25, 0.3) is 0 Å². The van der Waals surface area contributed by atoms with Crippen molar-refractivity contribution in [1.29, 1.82) is 0 Å². The van der Waals surface area contributed by atoms with E-state index in [0.29, 0.717) is 12.6 Å². The molecule has 1 N–H and O–H groups in total. The Labute approximate surface area is 148 Å². The van der Waals surface area contributed by atoms with Gasteiger partial charge in [0.15, 0.2) is 0 Å². The third-order valence-electron chi connectivity index (χ3n) is 4.53. The van der Waals surface area contributed by atoms with E-state index >= 15 is 0 Å². The molecule has 0 radical (unpaired) electrons. The monoisotopic (exact) mass is 342 g/mol. The number of nitrogens with zero attached hydrogens (tertiary/aromatic N) is 5. The average molecular weight is 342 g/mol. The first-order chi connectivity index (χ1) is 12.0. The van der Waals surface area contributed by atoms with Gasteiger partial charge < -0.3 is 5.32 Å². The molecular weight excluding hydrogens is 316 g/mol. The van der Waals surface area contributed by atoms with Gasteiger partial charge in [0.25, 0.3) is 0 Å². The number of nitrogens with one attached hydrogen (secondary N) is 1. The molecule has 134 valence electrons. The Morgan fingerprint density at radius 1 is 1.40 bits per heavy atom. The highest BCUT2D eigenvalue weighted by molar-refractivity contribution is 5.72. The number of rotatable bonds is 6. The molecule has 0 aliphatic carbocycles. The second-order valence-electron chi connectivity index (χ2n) is 6.83. The molecule has 3 rings (SSSR count). The summed E-state index contributed by atoms with van der Waals surface area (Å²) in [6, 6.07) is 2.71. The SMILES string of the molecule is CC(=O)NCc1cncc(C2CCCN2Cc2ccnn2C(C)C)n1. The van der Waals surface area contributed by atoms with Crippen LogP contribution in [0.5, 0.6) is 0 Å². The Bertz CT molecular complexity index is 726. The minimum Gasteiger partial charge on any atom is -0.351 e. The first-order valence-corrected chi connectivity index (χ1v) is 8.86. The fourth-order valence-corrected chi connectivity index (χ4v) is 3.37. The normalized spacial score (nSPS) is 18.0. The van der Waals surface area contributed by atoms with Gasteiger partial charge in [-0.25, -0.2) is 0 Å². The van der Waals surface area contributed by atoms with E-state index in [4.69, 9.17) is 4.98 Å². The molecule has 1 saturated heterocycles. The van der Waals surface area contributed by atoms with Crippen LogP contribution in [-0.2, 0) is 17.9 Å². The number of hydrogen-bond donors (Lipinski definition) is 1. The molecule has 1 fully saturated rings. The zero-order chi connectivity index (χ0) is 17.8. The standard InChI is InChI=1S/C18H26N6O/c1-13(2)24-16(6-7-21-24)12-23-8-4-5-18(23)17-11-19-9-15(22-17)10-20-14(3)25/h6-7,9,11,13,18H,4-5,8,10,12H2,1-3H3,(H,20,25). The van der Waals surface area contributed by atoms with E-state index in [9.17, 15) is 4.79 Å². The fraction of sp³-hybridized carbons (Fsp3) is 0.556. The number of carbonyl (C=O) groups excluding carboxylic acids is 1. The van der Waals surface area contributed by atoms with Gasteiger partial charge in [0, 0.05) is 25.7 Å². The Kier molecular flexibility index (Phi) is 5.43. The second kappa shape index (κ2) is 7.74. The third kappa shape index (κ3) is 4.22. The van der Waals surface area contributed by atoms with E-state index in [-0.39, 0.29) is 11.9 Å². The van der Waals surface area contributed by atoms with Crippen molar-refractivity contribution in [3.63, 3.8) is 0 Å². The van der Waals surface area contributed by atoms with Gasteiger partial charge in [-0.3, -0.25) is 24.3 Å². The topological polar surface area (TPSA) is 75.9 Å². The van der Waals surface area contributed by atoms with Crippen LogP contribution in [-0.4, -0.2) is 37.1 Å². The van der Waals surface area contributed by atoms with Gasteiger partial charge >= 0.3 is 0 Å². The molecule has 1 unspecified atom stereocenters. The summed E-state index contributed by atoms with van der Waals surface area (Å²) in [5.74, 6) is -0.0587. The second-order valence-corrected chi connectivity index (χ2v) is 6.83. The van der Waals surface area contributed by atoms with Crippen molar-refractivity contribution in [2.45, 2.75) is 58.8 Å². The van der Waals surface area contributed by atoms with E-state index in [1.165, 1.54) is 12.6 Å². The highest BCUT2D eigenvalue weighted by atomic mass is 16.1. The maximum absolute atomic E-state index is 11.1. The molecule has 3 heterocycles. The summed E-state index contributed by atoms with van der Waals surface area (Å²) in [7, 11) is 0. The summed E-state index contributed by atoms with van der Waals surface area (Å²) in [6.45, 7) is 8.13. The van der Waals surface area contributed by atoms with E-state index in [1.807, 2.05) is 12.4 Å². The minimum atomic E-state index is -0.0587. The van der Waals surface area contributed by atoms with Crippen LogP contribution in [0.4, 0.5) is 0 Å². The lowest BCUT2D eigenvalue weighted by molar-refractivity contribution is -0.119. The highest BCUT2D eigenvalue weighted by Gasteiger charge is 2.28. The molecule has 0 saturated carbocycles. The molecule has 7 heteroatoms.